The summed E-state index contributed by atoms with van der Waals surface area (Å²) in [4.78, 5) is 2.15. The summed E-state index contributed by atoms with van der Waals surface area (Å²) in [5.41, 5.74) is 0. The van der Waals surface area contributed by atoms with E-state index < -0.39 is 5.79 Å². The van der Waals surface area contributed by atoms with Crippen molar-refractivity contribution in [3.05, 3.63) is 36.3 Å². The number of allylic oxidation sites excluding steroid dienone is 3. The lowest BCUT2D eigenvalue weighted by atomic mass is 10.1. The Bertz CT molecular complexity index is 312. The van der Waals surface area contributed by atoms with Crippen molar-refractivity contribution in [3.63, 3.8) is 0 Å². The second kappa shape index (κ2) is 5.21. The Hall–Kier alpha value is -1.22. The molecule has 1 spiro atoms. The molecule has 0 unspecified atom stereocenters. The highest BCUT2D eigenvalue weighted by Gasteiger charge is 2.50. The lowest BCUT2D eigenvalue weighted by molar-refractivity contribution is -0.226. The number of rotatable bonds is 2. The van der Waals surface area contributed by atoms with Gasteiger partial charge in [-0.2, -0.15) is 0 Å². The van der Waals surface area contributed by atoms with Crippen molar-refractivity contribution >= 4 is 0 Å². The van der Waals surface area contributed by atoms with Gasteiger partial charge in [-0.25, -0.2) is 0 Å². The van der Waals surface area contributed by atoms with E-state index in [4.69, 9.17) is 9.47 Å². The molecule has 1 saturated heterocycles. The van der Waals surface area contributed by atoms with E-state index in [9.17, 15) is 0 Å². The van der Waals surface area contributed by atoms with E-state index in [2.05, 4.69) is 11.5 Å². The van der Waals surface area contributed by atoms with Gasteiger partial charge in [-0.1, -0.05) is 26.5 Å². The SMILES string of the molecule is C=CC1=C(/C=C\C)OC2(CN(C)C2)O1.CC. The number of nitrogens with zero attached hydrogens (tertiary/aromatic N) is 1. The summed E-state index contributed by atoms with van der Waals surface area (Å²) in [6.45, 7) is 11.3. The molecule has 0 aromatic carbocycles. The van der Waals surface area contributed by atoms with Crippen molar-refractivity contribution < 1.29 is 9.47 Å². The first kappa shape index (κ1) is 12.8. The Morgan fingerprint density at radius 2 is 1.81 bits per heavy atom. The van der Waals surface area contributed by atoms with Crippen LogP contribution in [-0.2, 0) is 9.47 Å². The molecule has 2 aliphatic heterocycles. The molecule has 0 saturated carbocycles. The van der Waals surface area contributed by atoms with Gasteiger partial charge in [-0.3, -0.25) is 4.90 Å². The molecule has 16 heavy (non-hydrogen) atoms. The summed E-state index contributed by atoms with van der Waals surface area (Å²) in [5.74, 6) is 1.10. The van der Waals surface area contributed by atoms with Crippen LogP contribution in [0.15, 0.2) is 36.3 Å². The minimum atomic E-state index is -0.437. The van der Waals surface area contributed by atoms with Gasteiger partial charge >= 0.3 is 0 Å². The molecule has 0 aliphatic carbocycles. The molecule has 90 valence electrons. The Labute approximate surface area is 98.0 Å². The smallest absolute Gasteiger partial charge is 0.276 e. The molecular weight excluding hydrogens is 202 g/mol. The van der Waals surface area contributed by atoms with Gasteiger partial charge in [-0.15, -0.1) is 0 Å². The van der Waals surface area contributed by atoms with Crippen LogP contribution < -0.4 is 0 Å². The third kappa shape index (κ3) is 2.30. The Balaban J connectivity index is 0.000000606. The first-order valence-electron chi connectivity index (χ1n) is 5.75. The Morgan fingerprint density at radius 1 is 1.25 bits per heavy atom. The third-order valence-corrected chi connectivity index (χ3v) is 2.36. The van der Waals surface area contributed by atoms with Crippen LogP contribution in [0.5, 0.6) is 0 Å². The topological polar surface area (TPSA) is 21.7 Å². The van der Waals surface area contributed by atoms with E-state index in [0.717, 1.165) is 24.6 Å². The van der Waals surface area contributed by atoms with Gasteiger partial charge in [0.15, 0.2) is 11.5 Å². The number of ether oxygens (including phenoxy) is 2. The number of hydrogen-bond acceptors (Lipinski definition) is 3. The standard InChI is InChI=1S/C11H15NO2.C2H6/c1-4-6-10-9(5-2)13-11(14-10)7-12(3)8-11;1-2/h4-6H,2,7-8H2,1,3H3;1-2H3/b6-4-;. The summed E-state index contributed by atoms with van der Waals surface area (Å²) in [6, 6.07) is 0. The molecule has 2 aliphatic rings. The molecule has 2 heterocycles. The highest BCUT2D eigenvalue weighted by molar-refractivity contribution is 5.28. The lowest BCUT2D eigenvalue weighted by Gasteiger charge is -2.43. The first-order chi connectivity index (χ1) is 7.69. The van der Waals surface area contributed by atoms with Crippen molar-refractivity contribution in [2.24, 2.45) is 0 Å². The highest BCUT2D eigenvalue weighted by atomic mass is 16.7. The molecule has 0 amide bonds. The maximum Gasteiger partial charge on any atom is 0.276 e. The maximum absolute atomic E-state index is 5.76. The summed E-state index contributed by atoms with van der Waals surface area (Å²) in [7, 11) is 2.04. The lowest BCUT2D eigenvalue weighted by Crippen LogP contribution is -2.61. The van der Waals surface area contributed by atoms with E-state index in [-0.39, 0.29) is 0 Å². The predicted octanol–water partition coefficient (Wildman–Crippen LogP) is 2.67. The van der Waals surface area contributed by atoms with Gasteiger partial charge in [-0.05, 0) is 26.1 Å². The zero-order valence-corrected chi connectivity index (χ0v) is 10.6. The number of likely N-dealkylation sites (tertiary alicyclic amines) is 1. The number of hydrogen-bond donors (Lipinski definition) is 0. The molecule has 0 aromatic rings. The molecule has 2 rings (SSSR count). The van der Waals surface area contributed by atoms with E-state index in [0.29, 0.717) is 0 Å². The van der Waals surface area contributed by atoms with Gasteiger partial charge in [0.2, 0.25) is 0 Å². The van der Waals surface area contributed by atoms with Gasteiger partial charge in [0.05, 0.1) is 13.1 Å². The van der Waals surface area contributed by atoms with Gasteiger partial charge in [0.25, 0.3) is 5.79 Å². The monoisotopic (exact) mass is 223 g/mol. The molecule has 0 bridgehead atoms. The highest BCUT2D eigenvalue weighted by Crippen LogP contribution is 2.38. The fourth-order valence-corrected chi connectivity index (χ4v) is 1.84. The molecule has 0 radical (unpaired) electrons. The van der Waals surface area contributed by atoms with E-state index >= 15 is 0 Å². The average Bonchev–Trinajstić information content (AvgIpc) is 2.60. The van der Waals surface area contributed by atoms with Gasteiger partial charge in [0.1, 0.15) is 0 Å². The van der Waals surface area contributed by atoms with Crippen LogP contribution in [0.3, 0.4) is 0 Å². The zero-order chi connectivity index (χ0) is 12.2. The minimum absolute atomic E-state index is 0.437. The van der Waals surface area contributed by atoms with Crippen molar-refractivity contribution in [1.82, 2.24) is 4.90 Å². The third-order valence-electron chi connectivity index (χ3n) is 2.36. The average molecular weight is 223 g/mol. The summed E-state index contributed by atoms with van der Waals surface area (Å²) >= 11 is 0. The van der Waals surface area contributed by atoms with Crippen LogP contribution in [0.2, 0.25) is 0 Å². The van der Waals surface area contributed by atoms with E-state index in [1.54, 1.807) is 6.08 Å². The fraction of sp³-hybridized carbons (Fsp3) is 0.538. The summed E-state index contributed by atoms with van der Waals surface area (Å²) in [6.07, 6.45) is 5.54. The number of likely N-dealkylation sites (N-methyl/N-ethyl adjacent to an activating group) is 1. The molecule has 0 aromatic heterocycles. The molecule has 1 fully saturated rings. The second-order valence-corrected chi connectivity index (χ2v) is 3.72. The first-order valence-corrected chi connectivity index (χ1v) is 5.75. The quantitative estimate of drug-likeness (QED) is 0.718. The Morgan fingerprint density at radius 3 is 2.25 bits per heavy atom. The predicted molar refractivity (Wildman–Crippen MR) is 65.8 cm³/mol. The molecule has 0 N–H and O–H groups in total. The van der Waals surface area contributed by atoms with Crippen LogP contribution in [0, 0.1) is 0 Å². The molecule has 3 heteroatoms. The normalized spacial score (nSPS) is 22.2. The van der Waals surface area contributed by atoms with Crippen LogP contribution >= 0.6 is 0 Å². The molecule has 3 nitrogen and oxygen atoms in total. The molecule has 0 atom stereocenters. The van der Waals surface area contributed by atoms with Crippen LogP contribution in [0.4, 0.5) is 0 Å². The largest absolute Gasteiger partial charge is 0.446 e. The fourth-order valence-electron chi connectivity index (χ4n) is 1.84. The van der Waals surface area contributed by atoms with Crippen molar-refractivity contribution in [2.75, 3.05) is 20.1 Å². The van der Waals surface area contributed by atoms with Crippen molar-refractivity contribution in [3.8, 4) is 0 Å². The van der Waals surface area contributed by atoms with Crippen LogP contribution in [0.25, 0.3) is 0 Å². The van der Waals surface area contributed by atoms with Crippen molar-refractivity contribution in [2.45, 2.75) is 26.6 Å². The zero-order valence-electron chi connectivity index (χ0n) is 10.6. The van der Waals surface area contributed by atoms with Gasteiger partial charge in [0, 0.05) is 0 Å². The molecular formula is C13H21NO2. The van der Waals surface area contributed by atoms with E-state index in [1.165, 1.54) is 0 Å². The van der Waals surface area contributed by atoms with Crippen LogP contribution in [-0.4, -0.2) is 30.8 Å². The van der Waals surface area contributed by atoms with Gasteiger partial charge < -0.3 is 9.47 Å². The van der Waals surface area contributed by atoms with Crippen LogP contribution in [0.1, 0.15) is 20.8 Å². The van der Waals surface area contributed by atoms with E-state index in [1.807, 2.05) is 40.0 Å². The maximum atomic E-state index is 5.76. The Kier molecular flexibility index (Phi) is 4.19. The second-order valence-electron chi connectivity index (χ2n) is 3.72. The minimum Gasteiger partial charge on any atom is -0.446 e. The summed E-state index contributed by atoms with van der Waals surface area (Å²) < 4.78 is 11.5. The summed E-state index contributed by atoms with van der Waals surface area (Å²) in [5, 5.41) is 0. The van der Waals surface area contributed by atoms with Crippen molar-refractivity contribution in [1.29, 1.82) is 0 Å².